The molecule has 8 nitrogen and oxygen atoms in total. The Labute approximate surface area is 104 Å². The van der Waals surface area contributed by atoms with E-state index < -0.39 is 4.92 Å². The lowest BCUT2D eigenvalue weighted by molar-refractivity contribution is -0.384. The third kappa shape index (κ3) is 2.06. The molecule has 0 aliphatic carbocycles. The van der Waals surface area contributed by atoms with Gasteiger partial charge in [0.05, 0.1) is 4.92 Å². The quantitative estimate of drug-likeness (QED) is 0.559. The second-order valence-corrected chi connectivity index (χ2v) is 4.59. The highest BCUT2D eigenvalue weighted by molar-refractivity contribution is 5.97. The van der Waals surface area contributed by atoms with Gasteiger partial charge in [-0.2, -0.15) is 0 Å². The fraction of sp³-hybridized carbons (Fsp3) is 0.600. The summed E-state index contributed by atoms with van der Waals surface area (Å²) in [4.78, 5) is 25.6. The second-order valence-electron chi connectivity index (χ2n) is 4.59. The maximum absolute atomic E-state index is 11.9. The predicted octanol–water partition coefficient (Wildman–Crippen LogP) is -0.00480. The van der Waals surface area contributed by atoms with Crippen LogP contribution in [0.1, 0.15) is 6.42 Å². The summed E-state index contributed by atoms with van der Waals surface area (Å²) in [5.41, 5.74) is -0.134. The van der Waals surface area contributed by atoms with Gasteiger partial charge in [-0.3, -0.25) is 24.5 Å². The van der Waals surface area contributed by atoms with Gasteiger partial charge in [0, 0.05) is 26.1 Å². The molecule has 2 heterocycles. The first kappa shape index (κ1) is 12.5. The summed E-state index contributed by atoms with van der Waals surface area (Å²) < 4.78 is 1.35. The predicted molar refractivity (Wildman–Crippen MR) is 64.3 cm³/mol. The van der Waals surface area contributed by atoms with Crippen molar-refractivity contribution in [1.82, 2.24) is 14.7 Å². The first-order valence-electron chi connectivity index (χ1n) is 5.55. The topological polar surface area (TPSA) is 84.5 Å². The van der Waals surface area contributed by atoms with Gasteiger partial charge in [-0.15, -0.1) is 5.10 Å². The van der Waals surface area contributed by atoms with Crippen LogP contribution in [-0.2, 0) is 11.8 Å². The summed E-state index contributed by atoms with van der Waals surface area (Å²) in [6, 6.07) is 0.0686. The van der Waals surface area contributed by atoms with E-state index in [-0.39, 0.29) is 23.5 Å². The Bertz CT molecular complexity index is 496. The minimum atomic E-state index is -0.515. The molecule has 1 fully saturated rings. The van der Waals surface area contributed by atoms with E-state index in [0.29, 0.717) is 13.0 Å². The molecule has 0 saturated carbocycles. The van der Waals surface area contributed by atoms with Gasteiger partial charge in [0.1, 0.15) is 6.20 Å². The number of carbonyl (C=O) groups is 1. The van der Waals surface area contributed by atoms with Crippen LogP contribution in [0.3, 0.4) is 0 Å². The summed E-state index contributed by atoms with van der Waals surface area (Å²) in [7, 11) is 5.36. The van der Waals surface area contributed by atoms with Crippen LogP contribution in [0.15, 0.2) is 6.20 Å². The number of nitro groups is 1. The van der Waals surface area contributed by atoms with E-state index in [1.54, 1.807) is 7.05 Å². The molecule has 0 radical (unpaired) electrons. The number of amides is 1. The molecule has 0 unspecified atom stereocenters. The SMILES string of the molecule is CN(C)[C@H]1CC(=O)N(c2nn(C)cc2[N+](=O)[O-])C1. The summed E-state index contributed by atoms with van der Waals surface area (Å²) in [5.74, 6) is 0.00681. The van der Waals surface area contributed by atoms with Gasteiger partial charge in [-0.05, 0) is 14.1 Å². The van der Waals surface area contributed by atoms with Crippen LogP contribution in [0.4, 0.5) is 11.5 Å². The van der Waals surface area contributed by atoms with Crippen molar-refractivity contribution in [3.63, 3.8) is 0 Å². The second kappa shape index (κ2) is 4.37. The van der Waals surface area contributed by atoms with Crippen LogP contribution < -0.4 is 4.90 Å². The van der Waals surface area contributed by atoms with E-state index in [1.165, 1.54) is 15.8 Å². The van der Waals surface area contributed by atoms with Crippen LogP contribution in [0.25, 0.3) is 0 Å². The molecule has 1 aromatic rings. The number of rotatable bonds is 3. The van der Waals surface area contributed by atoms with Gasteiger partial charge in [-0.1, -0.05) is 0 Å². The first-order chi connectivity index (χ1) is 8.40. The number of aryl methyl sites for hydroxylation is 1. The zero-order chi connectivity index (χ0) is 13.4. The summed E-state index contributed by atoms with van der Waals surface area (Å²) in [5, 5.41) is 14.9. The van der Waals surface area contributed by atoms with E-state index in [1.807, 2.05) is 19.0 Å². The summed E-state index contributed by atoms with van der Waals surface area (Å²) in [6.07, 6.45) is 1.67. The molecule has 1 amide bonds. The average molecular weight is 253 g/mol. The van der Waals surface area contributed by atoms with Crippen molar-refractivity contribution >= 4 is 17.4 Å². The number of hydrogen-bond donors (Lipinski definition) is 0. The lowest BCUT2D eigenvalue weighted by Gasteiger charge is -2.18. The Hall–Kier alpha value is -1.96. The number of nitrogens with zero attached hydrogens (tertiary/aromatic N) is 5. The molecule has 0 bridgehead atoms. The maximum atomic E-state index is 11.9. The lowest BCUT2D eigenvalue weighted by Crippen LogP contribution is -2.32. The number of aromatic nitrogens is 2. The highest BCUT2D eigenvalue weighted by Crippen LogP contribution is 2.30. The van der Waals surface area contributed by atoms with Crippen molar-refractivity contribution in [2.45, 2.75) is 12.5 Å². The number of anilines is 1. The zero-order valence-electron chi connectivity index (χ0n) is 10.5. The lowest BCUT2D eigenvalue weighted by atomic mass is 10.2. The van der Waals surface area contributed by atoms with Gasteiger partial charge < -0.3 is 4.90 Å². The third-order valence-corrected chi connectivity index (χ3v) is 3.08. The highest BCUT2D eigenvalue weighted by atomic mass is 16.6. The van der Waals surface area contributed by atoms with Crippen molar-refractivity contribution in [2.75, 3.05) is 25.5 Å². The van der Waals surface area contributed by atoms with E-state index in [9.17, 15) is 14.9 Å². The minimum Gasteiger partial charge on any atom is -0.304 e. The molecule has 1 atom stereocenters. The molecule has 1 aliphatic rings. The highest BCUT2D eigenvalue weighted by Gasteiger charge is 2.37. The van der Waals surface area contributed by atoms with Gasteiger partial charge in [-0.25, -0.2) is 0 Å². The molecule has 98 valence electrons. The van der Waals surface area contributed by atoms with Gasteiger partial charge in [0.2, 0.25) is 11.7 Å². The smallest absolute Gasteiger partial charge is 0.304 e. The molecule has 1 aromatic heterocycles. The Morgan fingerprint density at radius 2 is 2.22 bits per heavy atom. The molecule has 0 aromatic carbocycles. The Morgan fingerprint density at radius 1 is 1.56 bits per heavy atom. The van der Waals surface area contributed by atoms with Crippen molar-refractivity contribution in [3.05, 3.63) is 16.3 Å². The molecule has 0 spiro atoms. The summed E-state index contributed by atoms with van der Waals surface area (Å²) >= 11 is 0. The number of likely N-dealkylation sites (N-methyl/N-ethyl adjacent to an activating group) is 1. The zero-order valence-corrected chi connectivity index (χ0v) is 10.5. The first-order valence-corrected chi connectivity index (χ1v) is 5.55. The molecular formula is C10H15N5O3. The Morgan fingerprint density at radius 3 is 2.72 bits per heavy atom. The van der Waals surface area contributed by atoms with Crippen molar-refractivity contribution < 1.29 is 9.72 Å². The van der Waals surface area contributed by atoms with Gasteiger partial charge in [0.25, 0.3) is 0 Å². The molecule has 2 rings (SSSR count). The molecule has 0 N–H and O–H groups in total. The maximum Gasteiger partial charge on any atom is 0.331 e. The van der Waals surface area contributed by atoms with Crippen LogP contribution in [0.5, 0.6) is 0 Å². The van der Waals surface area contributed by atoms with E-state index >= 15 is 0 Å². The minimum absolute atomic E-state index is 0.0686. The van der Waals surface area contributed by atoms with E-state index in [2.05, 4.69) is 5.10 Å². The molecule has 8 heteroatoms. The van der Waals surface area contributed by atoms with Crippen LogP contribution in [0.2, 0.25) is 0 Å². The fourth-order valence-electron chi connectivity index (χ4n) is 2.02. The standard InChI is InChI=1S/C10H15N5O3/c1-12(2)7-4-9(16)14(5-7)10-8(15(17)18)6-13(3)11-10/h6-7H,4-5H2,1-3H3/t7-/m0/s1. The molecule has 1 saturated heterocycles. The number of hydrogen-bond acceptors (Lipinski definition) is 5. The molecule has 1 aliphatic heterocycles. The third-order valence-electron chi connectivity index (χ3n) is 3.08. The fourth-order valence-corrected chi connectivity index (χ4v) is 2.02. The van der Waals surface area contributed by atoms with Crippen LogP contribution >= 0.6 is 0 Å². The Kier molecular flexibility index (Phi) is 3.04. The monoisotopic (exact) mass is 253 g/mol. The molecular weight excluding hydrogens is 238 g/mol. The van der Waals surface area contributed by atoms with Gasteiger partial charge >= 0.3 is 5.69 Å². The number of carbonyl (C=O) groups excluding carboxylic acids is 1. The van der Waals surface area contributed by atoms with E-state index in [4.69, 9.17) is 0 Å². The average Bonchev–Trinajstić information content (AvgIpc) is 2.81. The van der Waals surface area contributed by atoms with Crippen molar-refractivity contribution in [2.24, 2.45) is 7.05 Å². The van der Waals surface area contributed by atoms with E-state index in [0.717, 1.165) is 0 Å². The summed E-state index contributed by atoms with van der Waals surface area (Å²) in [6.45, 7) is 0.434. The normalized spacial score (nSPS) is 19.9. The molecule has 18 heavy (non-hydrogen) atoms. The van der Waals surface area contributed by atoms with Crippen LogP contribution in [0, 0.1) is 10.1 Å². The van der Waals surface area contributed by atoms with Crippen LogP contribution in [-0.4, -0.2) is 52.2 Å². The van der Waals surface area contributed by atoms with Gasteiger partial charge in [0.15, 0.2) is 0 Å². The van der Waals surface area contributed by atoms with Crippen molar-refractivity contribution in [1.29, 1.82) is 0 Å². The Balaban J connectivity index is 2.32. The van der Waals surface area contributed by atoms with Crippen molar-refractivity contribution in [3.8, 4) is 0 Å². The largest absolute Gasteiger partial charge is 0.331 e.